The molecule has 27 heavy (non-hydrogen) atoms. The summed E-state index contributed by atoms with van der Waals surface area (Å²) in [5.41, 5.74) is 0.390. The van der Waals surface area contributed by atoms with E-state index in [4.69, 9.17) is 0 Å². The van der Waals surface area contributed by atoms with Gasteiger partial charge in [-0.1, -0.05) is 60.0 Å². The minimum absolute atomic E-state index is 0.132. The number of hydrogen-bond donors (Lipinski definition) is 0. The molecular formula is C26H44O. The molecule has 0 aromatic rings. The fraction of sp³-hybridized carbons (Fsp3) is 0.885. The fourth-order valence-electron chi connectivity index (χ4n) is 7.86. The molecule has 0 heterocycles. The van der Waals surface area contributed by atoms with Crippen LogP contribution in [0.5, 0.6) is 0 Å². The summed E-state index contributed by atoms with van der Waals surface area (Å²) < 4.78 is 0. The summed E-state index contributed by atoms with van der Waals surface area (Å²) in [7, 11) is 0. The van der Waals surface area contributed by atoms with Gasteiger partial charge < -0.3 is 0 Å². The predicted octanol–water partition coefficient (Wildman–Crippen LogP) is 7.45. The molecule has 3 rings (SSSR count). The van der Waals surface area contributed by atoms with Crippen LogP contribution < -0.4 is 0 Å². The van der Waals surface area contributed by atoms with E-state index >= 15 is 0 Å². The molecule has 0 aromatic carbocycles. The molecule has 3 aliphatic carbocycles. The topological polar surface area (TPSA) is 17.1 Å². The van der Waals surface area contributed by atoms with Crippen LogP contribution in [0.1, 0.15) is 98.8 Å². The highest BCUT2D eigenvalue weighted by Crippen LogP contribution is 2.65. The van der Waals surface area contributed by atoms with Gasteiger partial charge in [0.05, 0.1) is 0 Å². The van der Waals surface area contributed by atoms with Gasteiger partial charge in [0.1, 0.15) is 5.78 Å². The molecule has 0 aromatic heterocycles. The SMILES string of the molecule is C=CC[C@@]1(C)C(=O)CC[C@H]2[C@@H]3CC[C@H]([C@H](C)CCCC(C)C)[C@@]3(C)CC[C@@H]21. The molecule has 0 N–H and O–H groups in total. The number of carbonyl (C=O) groups is 1. The van der Waals surface area contributed by atoms with E-state index < -0.39 is 0 Å². The summed E-state index contributed by atoms with van der Waals surface area (Å²) in [6.45, 7) is 16.1. The molecule has 0 amide bonds. The van der Waals surface area contributed by atoms with Crippen LogP contribution >= 0.6 is 0 Å². The maximum atomic E-state index is 12.8. The summed E-state index contributed by atoms with van der Waals surface area (Å²) in [5.74, 6) is 5.35. The number of hydrogen-bond acceptors (Lipinski definition) is 1. The monoisotopic (exact) mass is 372 g/mol. The number of ketones is 1. The van der Waals surface area contributed by atoms with Crippen LogP contribution in [0.4, 0.5) is 0 Å². The van der Waals surface area contributed by atoms with E-state index in [0.29, 0.717) is 17.1 Å². The van der Waals surface area contributed by atoms with Gasteiger partial charge >= 0.3 is 0 Å². The predicted molar refractivity (Wildman–Crippen MR) is 116 cm³/mol. The Morgan fingerprint density at radius 3 is 2.48 bits per heavy atom. The minimum Gasteiger partial charge on any atom is -0.299 e. The average Bonchev–Trinajstić information content (AvgIpc) is 2.95. The molecule has 3 saturated carbocycles. The molecule has 1 nitrogen and oxygen atoms in total. The first kappa shape index (κ1) is 21.1. The molecular weight excluding hydrogens is 328 g/mol. The molecule has 0 radical (unpaired) electrons. The molecule has 0 unspecified atom stereocenters. The number of rotatable bonds is 7. The lowest BCUT2D eigenvalue weighted by atomic mass is 9.48. The van der Waals surface area contributed by atoms with Crippen molar-refractivity contribution in [1.82, 2.24) is 0 Å². The van der Waals surface area contributed by atoms with Gasteiger partial charge in [-0.25, -0.2) is 0 Å². The molecule has 154 valence electrons. The summed E-state index contributed by atoms with van der Waals surface area (Å²) in [4.78, 5) is 12.8. The molecule has 1 heteroatoms. The Kier molecular flexibility index (Phi) is 6.29. The van der Waals surface area contributed by atoms with Crippen molar-refractivity contribution >= 4 is 5.78 Å². The van der Waals surface area contributed by atoms with Gasteiger partial charge in [-0.05, 0) is 79.4 Å². The highest BCUT2D eigenvalue weighted by molar-refractivity contribution is 5.85. The van der Waals surface area contributed by atoms with E-state index in [-0.39, 0.29) is 5.41 Å². The van der Waals surface area contributed by atoms with Gasteiger partial charge in [-0.3, -0.25) is 4.79 Å². The van der Waals surface area contributed by atoms with E-state index in [2.05, 4.69) is 41.2 Å². The van der Waals surface area contributed by atoms with Crippen LogP contribution in [-0.2, 0) is 4.79 Å². The van der Waals surface area contributed by atoms with Gasteiger partial charge in [0.25, 0.3) is 0 Å². The Morgan fingerprint density at radius 1 is 1.07 bits per heavy atom. The normalized spacial score (nSPS) is 42.7. The van der Waals surface area contributed by atoms with Crippen molar-refractivity contribution in [2.45, 2.75) is 98.8 Å². The Morgan fingerprint density at radius 2 is 1.81 bits per heavy atom. The van der Waals surface area contributed by atoms with Crippen LogP contribution in [0, 0.1) is 46.3 Å². The smallest absolute Gasteiger partial charge is 0.139 e. The first-order valence-electron chi connectivity index (χ1n) is 11.9. The van der Waals surface area contributed by atoms with E-state index in [0.717, 1.165) is 48.9 Å². The quantitative estimate of drug-likeness (QED) is 0.424. The van der Waals surface area contributed by atoms with Crippen LogP contribution in [-0.4, -0.2) is 5.78 Å². The molecule has 7 atom stereocenters. The lowest BCUT2D eigenvalue weighted by molar-refractivity contribution is -0.145. The highest BCUT2D eigenvalue weighted by atomic mass is 16.1. The lowest BCUT2D eigenvalue weighted by Crippen LogP contribution is -2.52. The Balaban J connectivity index is 1.74. The maximum Gasteiger partial charge on any atom is 0.139 e. The van der Waals surface area contributed by atoms with Crippen molar-refractivity contribution in [1.29, 1.82) is 0 Å². The third-order valence-corrected chi connectivity index (χ3v) is 9.37. The zero-order valence-corrected chi connectivity index (χ0v) is 18.7. The van der Waals surface area contributed by atoms with E-state index in [1.165, 1.54) is 44.9 Å². The second kappa shape index (κ2) is 8.03. The molecule has 0 saturated heterocycles. The zero-order valence-electron chi connectivity index (χ0n) is 18.7. The van der Waals surface area contributed by atoms with Crippen molar-refractivity contribution in [2.75, 3.05) is 0 Å². The first-order chi connectivity index (χ1) is 12.7. The standard InChI is InChI=1S/C26H44O/c1-7-16-26(6)23-15-17-25(5)21(19(4)10-8-9-18(2)3)12-13-22(25)20(23)11-14-24(26)27/h7,18-23H,1,8-17H2,2-6H3/t19-,20+,21-,22+,23+,25-,26-/m1/s1. The van der Waals surface area contributed by atoms with Crippen LogP contribution in [0.3, 0.4) is 0 Å². The second-order valence-corrected chi connectivity index (χ2v) is 11.3. The average molecular weight is 373 g/mol. The van der Waals surface area contributed by atoms with Crippen LogP contribution in [0.25, 0.3) is 0 Å². The van der Waals surface area contributed by atoms with E-state index in [1.54, 1.807) is 0 Å². The van der Waals surface area contributed by atoms with Crippen molar-refractivity contribution < 1.29 is 4.79 Å². The Bertz CT molecular complexity index is 548. The fourth-order valence-corrected chi connectivity index (χ4v) is 7.86. The van der Waals surface area contributed by atoms with Gasteiger partial charge in [0.15, 0.2) is 0 Å². The van der Waals surface area contributed by atoms with Crippen molar-refractivity contribution in [2.24, 2.45) is 46.3 Å². The Labute approximate surface area is 168 Å². The van der Waals surface area contributed by atoms with Crippen molar-refractivity contribution in [3.63, 3.8) is 0 Å². The second-order valence-electron chi connectivity index (χ2n) is 11.3. The zero-order chi connectivity index (χ0) is 19.8. The molecule has 0 spiro atoms. The molecule has 3 fully saturated rings. The molecule has 0 aliphatic heterocycles. The summed E-state index contributed by atoms with van der Waals surface area (Å²) in [5, 5.41) is 0. The first-order valence-corrected chi connectivity index (χ1v) is 11.9. The van der Waals surface area contributed by atoms with Crippen LogP contribution in [0.15, 0.2) is 12.7 Å². The Hall–Kier alpha value is -0.590. The number of carbonyl (C=O) groups excluding carboxylic acids is 1. The van der Waals surface area contributed by atoms with Gasteiger partial charge in [0, 0.05) is 11.8 Å². The summed E-state index contributed by atoms with van der Waals surface area (Å²) in [6, 6.07) is 0. The third kappa shape index (κ3) is 3.69. The lowest BCUT2D eigenvalue weighted by Gasteiger charge is -2.56. The summed E-state index contributed by atoms with van der Waals surface area (Å²) in [6.07, 6.45) is 14.5. The third-order valence-electron chi connectivity index (χ3n) is 9.37. The van der Waals surface area contributed by atoms with E-state index in [9.17, 15) is 4.79 Å². The molecule has 0 bridgehead atoms. The van der Waals surface area contributed by atoms with Crippen LogP contribution in [0.2, 0.25) is 0 Å². The largest absolute Gasteiger partial charge is 0.299 e. The minimum atomic E-state index is -0.132. The highest BCUT2D eigenvalue weighted by Gasteiger charge is 2.59. The number of Topliss-reactive ketones (excluding diaryl/α,β-unsaturated/α-hetero) is 1. The van der Waals surface area contributed by atoms with Gasteiger partial charge in [-0.15, -0.1) is 6.58 Å². The maximum absolute atomic E-state index is 12.8. The van der Waals surface area contributed by atoms with Crippen molar-refractivity contribution in [3.05, 3.63) is 12.7 Å². The number of fused-ring (bicyclic) bond motifs is 3. The molecule has 3 aliphatic rings. The summed E-state index contributed by atoms with van der Waals surface area (Å²) >= 11 is 0. The van der Waals surface area contributed by atoms with Gasteiger partial charge in [0.2, 0.25) is 0 Å². The van der Waals surface area contributed by atoms with Gasteiger partial charge in [-0.2, -0.15) is 0 Å². The number of allylic oxidation sites excluding steroid dienone is 1. The van der Waals surface area contributed by atoms with E-state index in [1.807, 2.05) is 6.08 Å². The van der Waals surface area contributed by atoms with Crippen molar-refractivity contribution in [3.8, 4) is 0 Å².